The van der Waals surface area contributed by atoms with Crippen molar-refractivity contribution in [2.75, 3.05) is 62.3 Å². The molecule has 2 aromatic rings. The van der Waals surface area contributed by atoms with Crippen molar-refractivity contribution in [2.45, 2.75) is 30.8 Å². The van der Waals surface area contributed by atoms with E-state index in [1.807, 2.05) is 17.9 Å². The van der Waals surface area contributed by atoms with Crippen LogP contribution >= 0.6 is 11.8 Å². The molecule has 2 fully saturated rings. The fourth-order valence-electron chi connectivity index (χ4n) is 3.93. The van der Waals surface area contributed by atoms with Gasteiger partial charge in [-0.1, -0.05) is 30.0 Å². The predicted molar refractivity (Wildman–Crippen MR) is 119 cm³/mol. The molecule has 162 valence electrons. The number of hydrogen-bond donors (Lipinski definition) is 0. The molecule has 2 aliphatic heterocycles. The summed E-state index contributed by atoms with van der Waals surface area (Å²) in [6.45, 7) is 11.1. The average molecular weight is 431 g/mol. The topological polar surface area (TPSA) is 66.7 Å². The van der Waals surface area contributed by atoms with E-state index in [4.69, 9.17) is 4.74 Å². The van der Waals surface area contributed by atoms with E-state index in [1.54, 1.807) is 0 Å². The summed E-state index contributed by atoms with van der Waals surface area (Å²) in [4.78, 5) is 19.6. The SMILES string of the molecule is CCn1c(SC(C)C(=O)N2CCN(c3ccccc3)CC2)nnc1N1CCOCC1. The summed E-state index contributed by atoms with van der Waals surface area (Å²) in [5, 5.41) is 9.42. The minimum Gasteiger partial charge on any atom is -0.378 e. The molecule has 1 amide bonds. The molecule has 1 atom stereocenters. The third kappa shape index (κ3) is 4.57. The van der Waals surface area contributed by atoms with Gasteiger partial charge in [0.2, 0.25) is 11.9 Å². The number of anilines is 2. The maximum Gasteiger partial charge on any atom is 0.236 e. The highest BCUT2D eigenvalue weighted by molar-refractivity contribution is 8.00. The molecule has 2 aliphatic rings. The first-order valence-corrected chi connectivity index (χ1v) is 11.6. The van der Waals surface area contributed by atoms with Crippen molar-refractivity contribution in [3.05, 3.63) is 30.3 Å². The first-order valence-electron chi connectivity index (χ1n) is 10.7. The van der Waals surface area contributed by atoms with Gasteiger partial charge in [-0.3, -0.25) is 9.36 Å². The molecule has 0 spiro atoms. The van der Waals surface area contributed by atoms with Crippen molar-refractivity contribution in [1.29, 1.82) is 0 Å². The standard InChI is InChI=1S/C21H30N6O2S/c1-3-27-20(26-13-15-29-16-14-26)22-23-21(27)30-17(2)19(28)25-11-9-24(10-12-25)18-7-5-4-6-8-18/h4-8,17H,3,9-16H2,1-2H3. The molecular formula is C21H30N6O2S. The molecule has 0 aliphatic carbocycles. The van der Waals surface area contributed by atoms with Crippen molar-refractivity contribution in [1.82, 2.24) is 19.7 Å². The zero-order valence-corrected chi connectivity index (χ0v) is 18.6. The van der Waals surface area contributed by atoms with Gasteiger partial charge in [-0.25, -0.2) is 0 Å². The Kier molecular flexibility index (Phi) is 6.79. The van der Waals surface area contributed by atoms with Crippen LogP contribution in [-0.2, 0) is 16.1 Å². The highest BCUT2D eigenvalue weighted by atomic mass is 32.2. The number of carbonyl (C=O) groups is 1. The molecule has 1 unspecified atom stereocenters. The number of para-hydroxylation sites is 1. The molecule has 0 saturated carbocycles. The molecule has 1 aromatic heterocycles. The smallest absolute Gasteiger partial charge is 0.236 e. The summed E-state index contributed by atoms with van der Waals surface area (Å²) in [6.07, 6.45) is 0. The van der Waals surface area contributed by atoms with Crippen LogP contribution in [0.3, 0.4) is 0 Å². The second-order valence-electron chi connectivity index (χ2n) is 7.53. The molecule has 30 heavy (non-hydrogen) atoms. The van der Waals surface area contributed by atoms with Crippen LogP contribution < -0.4 is 9.80 Å². The normalized spacial score (nSPS) is 18.5. The Bertz CT molecular complexity index is 831. The van der Waals surface area contributed by atoms with Crippen molar-refractivity contribution < 1.29 is 9.53 Å². The fraction of sp³-hybridized carbons (Fsp3) is 0.571. The molecule has 8 nitrogen and oxygen atoms in total. The zero-order valence-electron chi connectivity index (χ0n) is 17.7. The second-order valence-corrected chi connectivity index (χ2v) is 8.84. The maximum atomic E-state index is 13.1. The highest BCUT2D eigenvalue weighted by Crippen LogP contribution is 2.27. The molecule has 2 saturated heterocycles. The van der Waals surface area contributed by atoms with Crippen LogP contribution in [0.15, 0.2) is 35.5 Å². The zero-order chi connectivity index (χ0) is 20.9. The highest BCUT2D eigenvalue weighted by Gasteiger charge is 2.28. The van der Waals surface area contributed by atoms with Crippen molar-refractivity contribution in [2.24, 2.45) is 0 Å². The van der Waals surface area contributed by atoms with E-state index >= 15 is 0 Å². The molecule has 0 N–H and O–H groups in total. The monoisotopic (exact) mass is 430 g/mol. The Morgan fingerprint density at radius 2 is 1.73 bits per heavy atom. The number of piperazine rings is 1. The Balaban J connectivity index is 1.35. The minimum absolute atomic E-state index is 0.172. The van der Waals surface area contributed by atoms with Crippen LogP contribution in [0, 0.1) is 0 Å². The average Bonchev–Trinajstić information content (AvgIpc) is 3.22. The van der Waals surface area contributed by atoms with E-state index < -0.39 is 0 Å². The van der Waals surface area contributed by atoms with Gasteiger partial charge in [0, 0.05) is 51.5 Å². The van der Waals surface area contributed by atoms with Gasteiger partial charge in [0.15, 0.2) is 5.16 Å². The number of amides is 1. The van der Waals surface area contributed by atoms with Crippen LogP contribution in [0.1, 0.15) is 13.8 Å². The van der Waals surface area contributed by atoms with Gasteiger partial charge in [-0.15, -0.1) is 10.2 Å². The molecule has 3 heterocycles. The Morgan fingerprint density at radius 3 is 2.40 bits per heavy atom. The number of aromatic nitrogens is 3. The number of rotatable bonds is 6. The first kappa shape index (κ1) is 21.0. The lowest BCUT2D eigenvalue weighted by atomic mass is 10.2. The summed E-state index contributed by atoms with van der Waals surface area (Å²) >= 11 is 1.51. The first-order chi connectivity index (χ1) is 14.7. The molecule has 0 radical (unpaired) electrons. The number of carbonyl (C=O) groups excluding carboxylic acids is 1. The second kappa shape index (κ2) is 9.70. The molecule has 0 bridgehead atoms. The van der Waals surface area contributed by atoms with Crippen LogP contribution in [0.4, 0.5) is 11.6 Å². The summed E-state index contributed by atoms with van der Waals surface area (Å²) < 4.78 is 7.55. The Labute approximate surface area is 182 Å². The van der Waals surface area contributed by atoms with E-state index in [9.17, 15) is 4.79 Å². The van der Waals surface area contributed by atoms with Crippen molar-refractivity contribution in [3.63, 3.8) is 0 Å². The summed E-state index contributed by atoms with van der Waals surface area (Å²) in [5.74, 6) is 1.05. The lowest BCUT2D eigenvalue weighted by Gasteiger charge is -2.37. The van der Waals surface area contributed by atoms with Crippen molar-refractivity contribution in [3.8, 4) is 0 Å². The summed E-state index contributed by atoms with van der Waals surface area (Å²) in [6, 6.07) is 10.4. The number of benzene rings is 1. The van der Waals surface area contributed by atoms with Gasteiger partial charge in [-0.2, -0.15) is 0 Å². The lowest BCUT2D eigenvalue weighted by Crippen LogP contribution is -2.50. The quantitative estimate of drug-likeness (QED) is 0.649. The number of morpholine rings is 1. The van der Waals surface area contributed by atoms with E-state index in [0.29, 0.717) is 13.2 Å². The maximum absolute atomic E-state index is 13.1. The third-order valence-corrected chi connectivity index (χ3v) is 6.72. The van der Waals surface area contributed by atoms with Gasteiger partial charge in [-0.05, 0) is 26.0 Å². The largest absolute Gasteiger partial charge is 0.378 e. The fourth-order valence-corrected chi connectivity index (χ4v) is 4.92. The number of nitrogens with zero attached hydrogens (tertiary/aromatic N) is 6. The van der Waals surface area contributed by atoms with Gasteiger partial charge >= 0.3 is 0 Å². The molecular weight excluding hydrogens is 400 g/mol. The van der Waals surface area contributed by atoms with Crippen LogP contribution in [-0.4, -0.2) is 83.3 Å². The van der Waals surface area contributed by atoms with Crippen LogP contribution in [0.25, 0.3) is 0 Å². The molecule has 4 rings (SSSR count). The molecule has 9 heteroatoms. The molecule has 1 aromatic carbocycles. The van der Waals surface area contributed by atoms with E-state index in [0.717, 1.165) is 56.9 Å². The van der Waals surface area contributed by atoms with Crippen molar-refractivity contribution >= 4 is 29.3 Å². The van der Waals surface area contributed by atoms with Gasteiger partial charge in [0.05, 0.1) is 18.5 Å². The number of thioether (sulfide) groups is 1. The Hall–Kier alpha value is -2.26. The van der Waals surface area contributed by atoms with Crippen LogP contribution in [0.5, 0.6) is 0 Å². The van der Waals surface area contributed by atoms with Crippen LogP contribution in [0.2, 0.25) is 0 Å². The third-order valence-electron chi connectivity index (χ3n) is 5.65. The number of hydrogen-bond acceptors (Lipinski definition) is 7. The minimum atomic E-state index is -0.194. The van der Waals surface area contributed by atoms with Gasteiger partial charge in [0.25, 0.3) is 0 Å². The predicted octanol–water partition coefficient (Wildman–Crippen LogP) is 1.96. The van der Waals surface area contributed by atoms with E-state index in [2.05, 4.69) is 55.8 Å². The van der Waals surface area contributed by atoms with Gasteiger partial charge in [0.1, 0.15) is 0 Å². The lowest BCUT2D eigenvalue weighted by molar-refractivity contribution is -0.130. The summed E-state index contributed by atoms with van der Waals surface area (Å²) in [5.41, 5.74) is 1.22. The Morgan fingerprint density at radius 1 is 1.03 bits per heavy atom. The van der Waals surface area contributed by atoms with Gasteiger partial charge < -0.3 is 19.4 Å². The van der Waals surface area contributed by atoms with E-state index in [-0.39, 0.29) is 11.2 Å². The van der Waals surface area contributed by atoms with E-state index in [1.165, 1.54) is 17.4 Å². The summed E-state index contributed by atoms with van der Waals surface area (Å²) in [7, 11) is 0. The number of ether oxygens (including phenoxy) is 1.